The average Bonchev–Trinajstić information content (AvgIpc) is 2.41. The summed E-state index contributed by atoms with van der Waals surface area (Å²) >= 11 is 5.20. The maximum atomic E-state index is 11.7. The van der Waals surface area contributed by atoms with E-state index in [-0.39, 0.29) is 5.69 Å². The van der Waals surface area contributed by atoms with Gasteiger partial charge in [-0.3, -0.25) is 9.25 Å². The molecule has 0 unspecified atom stereocenters. The second-order valence-electron chi connectivity index (χ2n) is 3.26. The van der Waals surface area contributed by atoms with Crippen molar-refractivity contribution in [1.82, 2.24) is 13.9 Å². The highest BCUT2D eigenvalue weighted by molar-refractivity contribution is 7.71. The average molecular weight is 199 g/mol. The maximum absolute atomic E-state index is 11.7. The van der Waals surface area contributed by atoms with E-state index in [1.54, 1.807) is 9.25 Å². The number of hydrogen-bond acceptors (Lipinski definition) is 2. The number of fused-ring (bicyclic) bond motifs is 1. The number of rotatable bonds is 1. The first-order valence-electron chi connectivity index (χ1n) is 4.66. The third-order valence-corrected chi connectivity index (χ3v) is 2.93. The molecule has 0 aliphatic carbocycles. The highest BCUT2D eigenvalue weighted by Gasteiger charge is 2.14. The summed E-state index contributed by atoms with van der Waals surface area (Å²) in [7, 11) is 0. The Morgan fingerprint density at radius 1 is 1.31 bits per heavy atom. The van der Waals surface area contributed by atoms with E-state index in [2.05, 4.69) is 0 Å². The molecule has 5 heteroatoms. The third-order valence-electron chi connectivity index (χ3n) is 2.50. The molecule has 72 valence electrons. The van der Waals surface area contributed by atoms with E-state index in [0.29, 0.717) is 11.3 Å². The van der Waals surface area contributed by atoms with Crippen molar-refractivity contribution in [2.24, 2.45) is 0 Å². The predicted octanol–water partition coefficient (Wildman–Crippen LogP) is 0.994. The minimum Gasteiger partial charge on any atom is -0.268 e. The molecule has 4 nitrogen and oxygen atoms in total. The van der Waals surface area contributed by atoms with Gasteiger partial charge in [-0.2, -0.15) is 0 Å². The third kappa shape index (κ3) is 1.18. The molecular weight excluding hydrogens is 186 g/mol. The lowest BCUT2D eigenvalue weighted by atomic mass is 10.3. The highest BCUT2D eigenvalue weighted by atomic mass is 32.1. The van der Waals surface area contributed by atoms with E-state index in [0.717, 1.165) is 25.9 Å². The Balaban J connectivity index is 2.71. The second-order valence-corrected chi connectivity index (χ2v) is 3.63. The Morgan fingerprint density at radius 3 is 2.46 bits per heavy atom. The van der Waals surface area contributed by atoms with Gasteiger partial charge in [0.15, 0.2) is 4.77 Å². The lowest BCUT2D eigenvalue weighted by molar-refractivity contribution is 0.352. The lowest BCUT2D eigenvalue weighted by Crippen LogP contribution is -2.29. The van der Waals surface area contributed by atoms with Gasteiger partial charge >= 0.3 is 5.69 Å². The first-order chi connectivity index (χ1) is 6.25. The highest BCUT2D eigenvalue weighted by Crippen LogP contribution is 2.06. The molecule has 0 bridgehead atoms. The molecule has 0 amide bonds. The first kappa shape index (κ1) is 8.74. The smallest absolute Gasteiger partial charge is 0.268 e. The molecule has 0 atom stereocenters. The quantitative estimate of drug-likeness (QED) is 0.632. The summed E-state index contributed by atoms with van der Waals surface area (Å²) < 4.78 is 6.01. The molecule has 0 fully saturated rings. The molecule has 2 heterocycles. The summed E-state index contributed by atoms with van der Waals surface area (Å²) in [5.74, 6) is 0. The zero-order valence-electron chi connectivity index (χ0n) is 7.69. The van der Waals surface area contributed by atoms with Crippen LogP contribution in [0.3, 0.4) is 0 Å². The van der Waals surface area contributed by atoms with Crippen LogP contribution in [0.4, 0.5) is 0 Å². The van der Waals surface area contributed by atoms with Crippen molar-refractivity contribution in [2.75, 3.05) is 0 Å². The molecule has 0 aromatic carbocycles. The zero-order valence-corrected chi connectivity index (χ0v) is 8.51. The van der Waals surface area contributed by atoms with Crippen LogP contribution in [0.25, 0.3) is 0 Å². The Kier molecular flexibility index (Phi) is 2.11. The van der Waals surface area contributed by atoms with E-state index in [4.69, 9.17) is 12.2 Å². The van der Waals surface area contributed by atoms with Crippen LogP contribution < -0.4 is 5.69 Å². The summed E-state index contributed by atoms with van der Waals surface area (Å²) in [5.41, 5.74) is 0.0483. The van der Waals surface area contributed by atoms with Gasteiger partial charge in [-0.05, 0) is 32.0 Å². The van der Waals surface area contributed by atoms with Crippen LogP contribution in [0.2, 0.25) is 0 Å². The standard InChI is InChI=1S/C8H13N3OS/c1-2-9-7(12)10-5-3-4-6-11(10)8(9)13/h2-6H2,1H3. The van der Waals surface area contributed by atoms with Crippen LogP contribution in [0.5, 0.6) is 0 Å². The fourth-order valence-electron chi connectivity index (χ4n) is 1.79. The normalized spacial score (nSPS) is 15.8. The van der Waals surface area contributed by atoms with Gasteiger partial charge in [0.05, 0.1) is 0 Å². The topological polar surface area (TPSA) is 31.9 Å². The molecule has 13 heavy (non-hydrogen) atoms. The van der Waals surface area contributed by atoms with Crippen molar-refractivity contribution >= 4 is 12.2 Å². The minimum absolute atomic E-state index is 0.0483. The van der Waals surface area contributed by atoms with Gasteiger partial charge in [-0.25, -0.2) is 9.48 Å². The first-order valence-corrected chi connectivity index (χ1v) is 5.07. The van der Waals surface area contributed by atoms with Gasteiger partial charge in [0.2, 0.25) is 0 Å². The van der Waals surface area contributed by atoms with Crippen molar-refractivity contribution < 1.29 is 0 Å². The minimum atomic E-state index is 0.0483. The van der Waals surface area contributed by atoms with Crippen LogP contribution in [0, 0.1) is 4.77 Å². The molecular formula is C8H13N3OS. The molecule has 1 aromatic rings. The fraction of sp³-hybridized carbons (Fsp3) is 0.750. The van der Waals surface area contributed by atoms with Crippen molar-refractivity contribution in [1.29, 1.82) is 0 Å². The maximum Gasteiger partial charge on any atom is 0.345 e. The van der Waals surface area contributed by atoms with Crippen LogP contribution in [0.1, 0.15) is 19.8 Å². The van der Waals surface area contributed by atoms with E-state index in [9.17, 15) is 4.79 Å². The summed E-state index contributed by atoms with van der Waals surface area (Å²) in [6.07, 6.45) is 2.21. The lowest BCUT2D eigenvalue weighted by Gasteiger charge is -2.14. The number of hydrogen-bond donors (Lipinski definition) is 0. The number of aromatic nitrogens is 3. The van der Waals surface area contributed by atoms with Gasteiger partial charge in [0.1, 0.15) is 0 Å². The Bertz CT molecular complexity index is 388. The molecule has 1 aliphatic heterocycles. The Morgan fingerprint density at radius 2 is 1.92 bits per heavy atom. The summed E-state index contributed by atoms with van der Waals surface area (Å²) in [4.78, 5) is 11.7. The SMILES string of the molecule is CCn1c(=O)n2n(c1=S)CCCC2. The van der Waals surface area contributed by atoms with Crippen LogP contribution >= 0.6 is 12.2 Å². The van der Waals surface area contributed by atoms with E-state index >= 15 is 0 Å². The van der Waals surface area contributed by atoms with E-state index < -0.39 is 0 Å². The van der Waals surface area contributed by atoms with E-state index in [1.807, 2.05) is 11.6 Å². The number of nitrogens with zero attached hydrogens (tertiary/aromatic N) is 3. The molecule has 2 rings (SSSR count). The second kappa shape index (κ2) is 3.14. The largest absolute Gasteiger partial charge is 0.345 e. The van der Waals surface area contributed by atoms with Gasteiger partial charge in [-0.15, -0.1) is 0 Å². The molecule has 0 radical (unpaired) electrons. The Hall–Kier alpha value is -0.840. The van der Waals surface area contributed by atoms with E-state index in [1.165, 1.54) is 0 Å². The molecule has 0 saturated heterocycles. The molecule has 0 saturated carbocycles. The monoisotopic (exact) mass is 199 g/mol. The van der Waals surface area contributed by atoms with Crippen molar-refractivity contribution in [2.45, 2.75) is 39.4 Å². The molecule has 0 N–H and O–H groups in total. The van der Waals surface area contributed by atoms with Gasteiger partial charge in [-0.1, -0.05) is 0 Å². The van der Waals surface area contributed by atoms with Crippen molar-refractivity contribution in [3.8, 4) is 0 Å². The van der Waals surface area contributed by atoms with Crippen LogP contribution in [-0.2, 0) is 19.6 Å². The molecule has 1 aromatic heterocycles. The van der Waals surface area contributed by atoms with Crippen LogP contribution in [-0.4, -0.2) is 13.9 Å². The molecule has 1 aliphatic rings. The van der Waals surface area contributed by atoms with Gasteiger partial charge in [0, 0.05) is 19.6 Å². The molecule has 0 spiro atoms. The summed E-state index contributed by atoms with van der Waals surface area (Å²) in [6.45, 7) is 4.32. The summed E-state index contributed by atoms with van der Waals surface area (Å²) in [5, 5.41) is 0. The Labute approximate surface area is 81.4 Å². The van der Waals surface area contributed by atoms with Crippen molar-refractivity contribution in [3.05, 3.63) is 15.3 Å². The zero-order chi connectivity index (χ0) is 9.42. The van der Waals surface area contributed by atoms with Gasteiger partial charge < -0.3 is 0 Å². The van der Waals surface area contributed by atoms with Crippen LogP contribution in [0.15, 0.2) is 4.79 Å². The fourth-order valence-corrected chi connectivity index (χ4v) is 2.19. The van der Waals surface area contributed by atoms with Crippen molar-refractivity contribution in [3.63, 3.8) is 0 Å². The van der Waals surface area contributed by atoms with Gasteiger partial charge in [0.25, 0.3) is 0 Å². The summed E-state index contributed by atoms with van der Waals surface area (Å²) in [6, 6.07) is 0. The predicted molar refractivity (Wildman–Crippen MR) is 52.4 cm³/mol.